The highest BCUT2D eigenvalue weighted by Crippen LogP contribution is 2.33. The molecule has 0 N–H and O–H groups in total. The highest BCUT2D eigenvalue weighted by Gasteiger charge is 2.24. The Labute approximate surface area is 143 Å². The minimum atomic E-state index is -1.07. The molecular formula is C18H16F2N2O3. The van der Waals surface area contributed by atoms with Gasteiger partial charge in [-0.15, -0.1) is 0 Å². The fraction of sp³-hybridized carbons (Fsp3) is 0.278. The van der Waals surface area contributed by atoms with Crippen molar-refractivity contribution in [3.63, 3.8) is 0 Å². The number of rotatable bonds is 5. The third-order valence-corrected chi connectivity index (χ3v) is 3.38. The molecular weight excluding hydrogens is 330 g/mol. The van der Waals surface area contributed by atoms with Gasteiger partial charge in [0.25, 0.3) is 0 Å². The maximum atomic E-state index is 14.1. The zero-order chi connectivity index (χ0) is 18.6. The lowest BCUT2D eigenvalue weighted by Crippen LogP contribution is -2.12. The molecule has 0 amide bonds. The number of carbonyl (C=O) groups excluding carboxylic acids is 1. The molecule has 0 saturated carbocycles. The van der Waals surface area contributed by atoms with E-state index in [1.807, 2.05) is 13.8 Å². The van der Waals surface area contributed by atoms with Crippen LogP contribution in [0.2, 0.25) is 0 Å². The van der Waals surface area contributed by atoms with Crippen LogP contribution < -0.4 is 4.74 Å². The first kappa shape index (κ1) is 18.3. The van der Waals surface area contributed by atoms with Crippen LogP contribution in [0.3, 0.4) is 0 Å². The van der Waals surface area contributed by atoms with Gasteiger partial charge < -0.3 is 9.47 Å². The molecule has 0 aliphatic carbocycles. The predicted molar refractivity (Wildman–Crippen MR) is 85.4 cm³/mol. The zero-order valence-corrected chi connectivity index (χ0v) is 14.0. The first-order chi connectivity index (χ1) is 11.9. The molecule has 0 aliphatic heterocycles. The SMILES string of the molecule is CCOC(=O)c1c(C(C)C)ccnc1Oc1c(F)cc(C#N)cc1F. The minimum Gasteiger partial charge on any atom is -0.462 e. The smallest absolute Gasteiger partial charge is 0.343 e. The molecule has 25 heavy (non-hydrogen) atoms. The van der Waals surface area contributed by atoms with E-state index in [1.54, 1.807) is 19.1 Å². The number of aromatic nitrogens is 1. The average Bonchev–Trinajstić information content (AvgIpc) is 2.57. The molecule has 0 atom stereocenters. The Morgan fingerprint density at radius 1 is 1.32 bits per heavy atom. The van der Waals surface area contributed by atoms with Crippen molar-refractivity contribution in [3.8, 4) is 17.7 Å². The molecule has 2 aromatic rings. The number of benzene rings is 1. The second-order valence-corrected chi connectivity index (χ2v) is 5.44. The normalized spacial score (nSPS) is 10.4. The zero-order valence-electron chi connectivity index (χ0n) is 14.0. The van der Waals surface area contributed by atoms with Crippen LogP contribution in [0.25, 0.3) is 0 Å². The summed E-state index contributed by atoms with van der Waals surface area (Å²) in [4.78, 5) is 16.2. The minimum absolute atomic E-state index is 0.0162. The molecule has 2 rings (SSSR count). The lowest BCUT2D eigenvalue weighted by molar-refractivity contribution is 0.0520. The summed E-state index contributed by atoms with van der Waals surface area (Å²) in [6.45, 7) is 5.48. The number of hydrogen-bond acceptors (Lipinski definition) is 5. The largest absolute Gasteiger partial charge is 0.462 e. The van der Waals surface area contributed by atoms with Crippen LogP contribution in [0.15, 0.2) is 24.4 Å². The molecule has 0 unspecified atom stereocenters. The highest BCUT2D eigenvalue weighted by atomic mass is 19.1. The summed E-state index contributed by atoms with van der Waals surface area (Å²) in [6.07, 6.45) is 1.38. The molecule has 0 saturated heterocycles. The number of pyridine rings is 1. The fourth-order valence-electron chi connectivity index (χ4n) is 2.24. The van der Waals surface area contributed by atoms with E-state index >= 15 is 0 Å². The summed E-state index contributed by atoms with van der Waals surface area (Å²) < 4.78 is 38.4. The van der Waals surface area contributed by atoms with Crippen LogP contribution in [-0.2, 0) is 4.74 Å². The third-order valence-electron chi connectivity index (χ3n) is 3.38. The number of nitrogens with zero attached hydrogens (tertiary/aromatic N) is 2. The fourth-order valence-corrected chi connectivity index (χ4v) is 2.24. The Hall–Kier alpha value is -3.01. The van der Waals surface area contributed by atoms with Gasteiger partial charge in [-0.2, -0.15) is 5.26 Å². The van der Waals surface area contributed by atoms with E-state index in [0.717, 1.165) is 12.1 Å². The van der Waals surface area contributed by atoms with Gasteiger partial charge in [0.15, 0.2) is 11.6 Å². The number of ether oxygens (including phenoxy) is 2. The third kappa shape index (κ3) is 3.91. The van der Waals surface area contributed by atoms with Gasteiger partial charge in [0, 0.05) is 6.20 Å². The summed E-state index contributed by atoms with van der Waals surface area (Å²) in [5.74, 6) is -3.89. The van der Waals surface area contributed by atoms with Crippen molar-refractivity contribution in [2.75, 3.05) is 6.61 Å². The molecule has 0 bridgehead atoms. The molecule has 0 spiro atoms. The van der Waals surface area contributed by atoms with E-state index < -0.39 is 23.4 Å². The molecule has 1 heterocycles. The Bertz CT molecular complexity index is 822. The summed E-state index contributed by atoms with van der Waals surface area (Å²) in [6, 6.07) is 4.95. The molecule has 7 heteroatoms. The first-order valence-electron chi connectivity index (χ1n) is 7.62. The number of esters is 1. The summed E-state index contributed by atoms with van der Waals surface area (Å²) in [5, 5.41) is 8.74. The Morgan fingerprint density at radius 3 is 2.48 bits per heavy atom. The standard InChI is InChI=1S/C18H16F2N2O3/c1-4-24-18(23)15-12(10(2)3)5-6-22-17(15)25-16-13(19)7-11(9-21)8-14(16)20/h5-8,10H,4H2,1-3H3. The first-order valence-corrected chi connectivity index (χ1v) is 7.62. The van der Waals surface area contributed by atoms with E-state index in [1.165, 1.54) is 6.20 Å². The van der Waals surface area contributed by atoms with Crippen LogP contribution in [-0.4, -0.2) is 17.6 Å². The Kier molecular flexibility index (Phi) is 5.65. The van der Waals surface area contributed by atoms with Gasteiger partial charge in [0.1, 0.15) is 5.56 Å². The van der Waals surface area contributed by atoms with Gasteiger partial charge in [-0.1, -0.05) is 13.8 Å². The molecule has 1 aromatic heterocycles. The lowest BCUT2D eigenvalue weighted by atomic mass is 9.99. The van der Waals surface area contributed by atoms with E-state index in [0.29, 0.717) is 5.56 Å². The molecule has 0 fully saturated rings. The summed E-state index contributed by atoms with van der Waals surface area (Å²) >= 11 is 0. The van der Waals surface area contributed by atoms with Crippen molar-refractivity contribution >= 4 is 5.97 Å². The monoisotopic (exact) mass is 346 g/mol. The van der Waals surface area contributed by atoms with Crippen LogP contribution in [0.1, 0.15) is 48.2 Å². The van der Waals surface area contributed by atoms with Crippen molar-refractivity contribution in [2.24, 2.45) is 0 Å². The van der Waals surface area contributed by atoms with E-state index in [4.69, 9.17) is 14.7 Å². The lowest BCUT2D eigenvalue weighted by Gasteiger charge is -2.16. The number of nitriles is 1. The molecule has 0 aliphatic rings. The number of halogens is 2. The Morgan fingerprint density at radius 2 is 1.96 bits per heavy atom. The van der Waals surface area contributed by atoms with Gasteiger partial charge in [0.05, 0.1) is 18.2 Å². The van der Waals surface area contributed by atoms with Crippen LogP contribution in [0.5, 0.6) is 11.6 Å². The second kappa shape index (κ2) is 7.71. The molecule has 1 aromatic carbocycles. The molecule has 0 radical (unpaired) electrons. The number of hydrogen-bond donors (Lipinski definition) is 0. The van der Waals surface area contributed by atoms with Gasteiger partial charge in [-0.25, -0.2) is 18.6 Å². The van der Waals surface area contributed by atoms with Crippen molar-refractivity contribution in [1.82, 2.24) is 4.98 Å². The van der Waals surface area contributed by atoms with Gasteiger partial charge >= 0.3 is 5.97 Å². The van der Waals surface area contributed by atoms with Crippen molar-refractivity contribution in [1.29, 1.82) is 5.26 Å². The van der Waals surface area contributed by atoms with Crippen molar-refractivity contribution < 1.29 is 23.0 Å². The predicted octanol–water partition coefficient (Wildman–Crippen LogP) is 4.32. The van der Waals surface area contributed by atoms with E-state index in [9.17, 15) is 13.6 Å². The molecule has 130 valence electrons. The molecule has 5 nitrogen and oxygen atoms in total. The van der Waals surface area contributed by atoms with E-state index in [-0.39, 0.29) is 29.5 Å². The topological polar surface area (TPSA) is 72.2 Å². The van der Waals surface area contributed by atoms with E-state index in [2.05, 4.69) is 4.98 Å². The van der Waals surface area contributed by atoms with Gasteiger partial charge in [0.2, 0.25) is 11.6 Å². The van der Waals surface area contributed by atoms with Crippen molar-refractivity contribution in [2.45, 2.75) is 26.7 Å². The van der Waals surface area contributed by atoms with Crippen LogP contribution in [0.4, 0.5) is 8.78 Å². The van der Waals surface area contributed by atoms with Crippen molar-refractivity contribution in [3.05, 3.63) is 52.7 Å². The van der Waals surface area contributed by atoms with Crippen LogP contribution in [0, 0.1) is 23.0 Å². The average molecular weight is 346 g/mol. The van der Waals surface area contributed by atoms with Gasteiger partial charge in [-0.05, 0) is 36.6 Å². The quantitative estimate of drug-likeness (QED) is 0.754. The summed E-state index contributed by atoms with van der Waals surface area (Å²) in [7, 11) is 0. The van der Waals surface area contributed by atoms with Crippen LogP contribution >= 0.6 is 0 Å². The maximum Gasteiger partial charge on any atom is 0.343 e. The maximum absolute atomic E-state index is 14.1. The highest BCUT2D eigenvalue weighted by molar-refractivity contribution is 5.93. The summed E-state index contributed by atoms with van der Waals surface area (Å²) in [5.41, 5.74) is 0.414. The Balaban J connectivity index is 2.56. The van der Waals surface area contributed by atoms with Gasteiger partial charge in [-0.3, -0.25) is 0 Å². The number of carbonyl (C=O) groups is 1. The second-order valence-electron chi connectivity index (χ2n) is 5.44.